The molecule has 5 aromatic rings. The zero-order valence-corrected chi connectivity index (χ0v) is 18.1. The van der Waals surface area contributed by atoms with Crippen LogP contribution in [0.25, 0.3) is 21.3 Å². The van der Waals surface area contributed by atoms with Crippen LogP contribution in [-0.2, 0) is 24.3 Å². The molecule has 5 rings (SSSR count). The van der Waals surface area contributed by atoms with Gasteiger partial charge in [0.05, 0.1) is 53.5 Å². The van der Waals surface area contributed by atoms with E-state index in [0.29, 0.717) is 18.5 Å². The number of nitrogens with zero attached hydrogens (tertiary/aromatic N) is 3. The Morgan fingerprint density at radius 1 is 0.938 bits per heavy atom. The van der Waals surface area contributed by atoms with Crippen molar-refractivity contribution < 1.29 is 14.2 Å². The maximum Gasteiger partial charge on any atom is 0.128 e. The highest BCUT2D eigenvalue weighted by Crippen LogP contribution is 2.25. The summed E-state index contributed by atoms with van der Waals surface area (Å²) in [5.41, 5.74) is 3.29. The van der Waals surface area contributed by atoms with Crippen molar-refractivity contribution in [1.82, 2.24) is 14.5 Å². The third-order valence-electron chi connectivity index (χ3n) is 5.30. The van der Waals surface area contributed by atoms with Crippen molar-refractivity contribution in [2.24, 2.45) is 0 Å². The fourth-order valence-corrected chi connectivity index (χ4v) is 4.74. The summed E-state index contributed by atoms with van der Waals surface area (Å²) in [7, 11) is 0. The molecule has 0 bridgehead atoms. The second-order valence-electron chi connectivity index (χ2n) is 7.64. The maximum atomic E-state index is 13.8. The van der Waals surface area contributed by atoms with E-state index < -0.39 is 6.10 Å². The summed E-state index contributed by atoms with van der Waals surface area (Å²) in [5.74, 6) is 0.541. The SMILES string of the molecule is OC(COCc1ccccc1F)Cn1c(Cc2nc3ccccc3s2)nc2ccccc21. The highest BCUT2D eigenvalue weighted by atomic mass is 32.1. The van der Waals surface area contributed by atoms with Crippen LogP contribution in [0.15, 0.2) is 72.8 Å². The number of hydrogen-bond acceptors (Lipinski definition) is 5. The Labute approximate surface area is 188 Å². The van der Waals surface area contributed by atoms with Gasteiger partial charge in [-0.15, -0.1) is 11.3 Å². The molecule has 1 N–H and O–H groups in total. The second-order valence-corrected chi connectivity index (χ2v) is 8.76. The quantitative estimate of drug-likeness (QED) is 0.366. The van der Waals surface area contributed by atoms with Crippen LogP contribution in [0.4, 0.5) is 4.39 Å². The van der Waals surface area contributed by atoms with Crippen LogP contribution in [0.2, 0.25) is 0 Å². The number of hydrogen-bond donors (Lipinski definition) is 1. The molecule has 0 aliphatic rings. The standard InChI is InChI=1S/C25H22FN3O2S/c26-19-8-2-1-7-17(19)15-31-16-18(30)14-29-22-11-5-3-9-20(22)27-24(29)13-25-28-21-10-4-6-12-23(21)32-25/h1-12,18,30H,13-16H2. The van der Waals surface area contributed by atoms with Gasteiger partial charge in [-0.2, -0.15) is 0 Å². The first-order valence-corrected chi connectivity index (χ1v) is 11.3. The molecule has 0 aliphatic heterocycles. The number of halogens is 1. The molecule has 0 spiro atoms. The Balaban J connectivity index is 1.33. The largest absolute Gasteiger partial charge is 0.389 e. The first-order valence-electron chi connectivity index (χ1n) is 10.4. The normalized spacial score (nSPS) is 12.6. The van der Waals surface area contributed by atoms with E-state index in [0.717, 1.165) is 32.1 Å². The average molecular weight is 448 g/mol. The minimum absolute atomic E-state index is 0.0986. The van der Waals surface area contributed by atoms with E-state index >= 15 is 0 Å². The van der Waals surface area contributed by atoms with E-state index in [9.17, 15) is 9.50 Å². The predicted molar refractivity (Wildman–Crippen MR) is 124 cm³/mol. The summed E-state index contributed by atoms with van der Waals surface area (Å²) in [4.78, 5) is 9.53. The van der Waals surface area contributed by atoms with Gasteiger partial charge in [0.2, 0.25) is 0 Å². The van der Waals surface area contributed by atoms with Crippen LogP contribution in [-0.4, -0.2) is 32.4 Å². The van der Waals surface area contributed by atoms with Crippen LogP contribution in [0.5, 0.6) is 0 Å². The lowest BCUT2D eigenvalue weighted by Crippen LogP contribution is -2.23. The van der Waals surface area contributed by atoms with Gasteiger partial charge in [0.15, 0.2) is 0 Å². The number of benzene rings is 3. The first-order chi connectivity index (χ1) is 15.7. The van der Waals surface area contributed by atoms with Crippen molar-refractivity contribution in [2.75, 3.05) is 6.61 Å². The molecule has 0 fully saturated rings. The zero-order valence-electron chi connectivity index (χ0n) is 17.3. The molecule has 7 heteroatoms. The molecule has 1 unspecified atom stereocenters. The molecule has 162 valence electrons. The van der Waals surface area contributed by atoms with E-state index in [-0.39, 0.29) is 19.0 Å². The van der Waals surface area contributed by atoms with Crippen LogP contribution in [0.3, 0.4) is 0 Å². The summed E-state index contributed by atoms with van der Waals surface area (Å²) in [6.07, 6.45) is -0.176. The lowest BCUT2D eigenvalue weighted by Gasteiger charge is -2.15. The molecule has 0 saturated carbocycles. The number of para-hydroxylation sites is 3. The Hall–Kier alpha value is -3.13. The zero-order chi connectivity index (χ0) is 21.9. The number of fused-ring (bicyclic) bond motifs is 2. The summed E-state index contributed by atoms with van der Waals surface area (Å²) in [6, 6.07) is 22.4. The molecular weight excluding hydrogens is 425 g/mol. The lowest BCUT2D eigenvalue weighted by molar-refractivity contribution is 0.0196. The third kappa shape index (κ3) is 4.41. The predicted octanol–water partition coefficient (Wildman–Crippen LogP) is 4.95. The second kappa shape index (κ2) is 9.16. The Morgan fingerprint density at radius 3 is 2.53 bits per heavy atom. The number of aliphatic hydroxyl groups is 1. The smallest absolute Gasteiger partial charge is 0.128 e. The molecule has 2 aromatic heterocycles. The van der Waals surface area contributed by atoms with Gasteiger partial charge in [-0.05, 0) is 30.3 Å². The summed E-state index contributed by atoms with van der Waals surface area (Å²) in [5, 5.41) is 11.6. The van der Waals surface area contributed by atoms with Gasteiger partial charge >= 0.3 is 0 Å². The van der Waals surface area contributed by atoms with E-state index in [2.05, 4.69) is 6.07 Å². The van der Waals surface area contributed by atoms with Gasteiger partial charge in [-0.1, -0.05) is 42.5 Å². The van der Waals surface area contributed by atoms with Crippen LogP contribution < -0.4 is 0 Å². The van der Waals surface area contributed by atoms with E-state index in [4.69, 9.17) is 14.7 Å². The lowest BCUT2D eigenvalue weighted by atomic mass is 10.2. The van der Waals surface area contributed by atoms with Gasteiger partial charge in [0.25, 0.3) is 0 Å². The van der Waals surface area contributed by atoms with Gasteiger partial charge < -0.3 is 14.4 Å². The fourth-order valence-electron chi connectivity index (χ4n) is 3.78. The van der Waals surface area contributed by atoms with Crippen LogP contribution >= 0.6 is 11.3 Å². The van der Waals surface area contributed by atoms with Crippen LogP contribution in [0, 0.1) is 5.82 Å². The maximum absolute atomic E-state index is 13.8. The molecule has 0 amide bonds. The van der Waals surface area contributed by atoms with Gasteiger partial charge in [-0.25, -0.2) is 14.4 Å². The van der Waals surface area contributed by atoms with Crippen molar-refractivity contribution in [2.45, 2.75) is 25.7 Å². The van der Waals surface area contributed by atoms with Crippen molar-refractivity contribution in [3.63, 3.8) is 0 Å². The molecule has 1 atom stereocenters. The molecule has 32 heavy (non-hydrogen) atoms. The molecular formula is C25H22FN3O2S. The molecule has 3 aromatic carbocycles. The van der Waals surface area contributed by atoms with E-state index in [1.165, 1.54) is 6.07 Å². The monoisotopic (exact) mass is 447 g/mol. The topological polar surface area (TPSA) is 60.2 Å². The van der Waals surface area contributed by atoms with E-state index in [1.807, 2.05) is 47.0 Å². The fraction of sp³-hybridized carbons (Fsp3) is 0.200. The van der Waals surface area contributed by atoms with Gasteiger partial charge in [0, 0.05) is 5.56 Å². The highest BCUT2D eigenvalue weighted by molar-refractivity contribution is 7.18. The Bertz CT molecular complexity index is 1330. The number of aromatic nitrogens is 3. The van der Waals surface area contributed by atoms with Crippen molar-refractivity contribution in [3.8, 4) is 0 Å². The Morgan fingerprint density at radius 2 is 1.69 bits per heavy atom. The number of aliphatic hydroxyl groups excluding tert-OH is 1. The van der Waals surface area contributed by atoms with Crippen LogP contribution in [0.1, 0.15) is 16.4 Å². The van der Waals surface area contributed by atoms with Crippen molar-refractivity contribution in [3.05, 3.63) is 95.0 Å². The van der Waals surface area contributed by atoms with Gasteiger partial charge in [-0.3, -0.25) is 0 Å². The Kier molecular flexibility index (Phi) is 5.94. The highest BCUT2D eigenvalue weighted by Gasteiger charge is 2.16. The molecule has 0 aliphatic carbocycles. The van der Waals surface area contributed by atoms with Crippen molar-refractivity contribution >= 4 is 32.6 Å². The average Bonchev–Trinajstić information content (AvgIpc) is 3.36. The number of ether oxygens (including phenoxy) is 1. The summed E-state index contributed by atoms with van der Waals surface area (Å²) in [6.45, 7) is 0.548. The first kappa shape index (κ1) is 20.8. The molecule has 2 heterocycles. The molecule has 0 saturated heterocycles. The third-order valence-corrected chi connectivity index (χ3v) is 6.34. The van der Waals surface area contributed by atoms with E-state index in [1.54, 1.807) is 29.5 Å². The minimum Gasteiger partial charge on any atom is -0.389 e. The van der Waals surface area contributed by atoms with Gasteiger partial charge in [0.1, 0.15) is 16.6 Å². The molecule has 5 nitrogen and oxygen atoms in total. The summed E-state index contributed by atoms with van der Waals surface area (Å²) < 4.78 is 22.5. The van der Waals surface area contributed by atoms with Crippen molar-refractivity contribution in [1.29, 1.82) is 0 Å². The molecule has 0 radical (unpaired) electrons. The minimum atomic E-state index is -0.756. The number of thiazole rings is 1. The number of imidazole rings is 1. The number of rotatable bonds is 8. The summed E-state index contributed by atoms with van der Waals surface area (Å²) >= 11 is 1.66.